The Balaban J connectivity index is 1.39. The van der Waals surface area contributed by atoms with Crippen LogP contribution in [0.2, 0.25) is 0 Å². The molecule has 1 unspecified atom stereocenters. The monoisotopic (exact) mass is 331 g/mol. The Kier molecular flexibility index (Phi) is 5.22. The van der Waals surface area contributed by atoms with Crippen molar-refractivity contribution in [2.24, 2.45) is 0 Å². The number of unbranched alkanes of at least 4 members (excludes halogenated alkanes) is 1. The van der Waals surface area contributed by atoms with Gasteiger partial charge in [0.05, 0.1) is 24.3 Å². The molecule has 7 nitrogen and oxygen atoms in total. The summed E-state index contributed by atoms with van der Waals surface area (Å²) >= 11 is 0. The number of amides is 3. The lowest BCUT2D eigenvalue weighted by Crippen LogP contribution is -2.51. The number of imide groups is 1. The number of hydrogen-bond donors (Lipinski definition) is 2. The van der Waals surface area contributed by atoms with E-state index >= 15 is 0 Å². The second kappa shape index (κ2) is 7.55. The van der Waals surface area contributed by atoms with Gasteiger partial charge in [0, 0.05) is 19.6 Å². The van der Waals surface area contributed by atoms with Gasteiger partial charge >= 0.3 is 0 Å². The Bertz CT molecular complexity index is 605. The van der Waals surface area contributed by atoms with Crippen LogP contribution in [0.25, 0.3) is 0 Å². The zero-order valence-corrected chi connectivity index (χ0v) is 13.4. The molecule has 0 radical (unpaired) electrons. The number of benzene rings is 1. The van der Waals surface area contributed by atoms with Crippen molar-refractivity contribution in [1.82, 2.24) is 15.5 Å². The molecule has 0 aliphatic carbocycles. The lowest BCUT2D eigenvalue weighted by atomic mass is 10.1. The van der Waals surface area contributed by atoms with Crippen molar-refractivity contribution in [2.75, 3.05) is 32.8 Å². The van der Waals surface area contributed by atoms with Gasteiger partial charge in [-0.05, 0) is 25.0 Å². The maximum absolute atomic E-state index is 12.2. The van der Waals surface area contributed by atoms with E-state index in [1.54, 1.807) is 24.3 Å². The third-order valence-corrected chi connectivity index (χ3v) is 4.22. The van der Waals surface area contributed by atoms with Crippen molar-refractivity contribution in [2.45, 2.75) is 18.9 Å². The molecule has 0 aromatic heterocycles. The predicted octanol–water partition coefficient (Wildman–Crippen LogP) is 0.167. The second-order valence-electron chi connectivity index (χ2n) is 5.89. The number of rotatable bonds is 6. The van der Waals surface area contributed by atoms with Crippen LogP contribution in [0.1, 0.15) is 33.6 Å². The van der Waals surface area contributed by atoms with Crippen LogP contribution in [-0.2, 0) is 9.53 Å². The summed E-state index contributed by atoms with van der Waals surface area (Å²) in [4.78, 5) is 37.6. The van der Waals surface area contributed by atoms with Crippen LogP contribution >= 0.6 is 0 Å². The van der Waals surface area contributed by atoms with Gasteiger partial charge in [0.2, 0.25) is 5.91 Å². The summed E-state index contributed by atoms with van der Waals surface area (Å²) in [5, 5.41) is 5.94. The summed E-state index contributed by atoms with van der Waals surface area (Å²) < 4.78 is 5.25. The van der Waals surface area contributed by atoms with Crippen LogP contribution in [0.4, 0.5) is 0 Å². The Labute approximate surface area is 140 Å². The molecule has 0 spiro atoms. The number of hydrogen-bond acceptors (Lipinski definition) is 5. The van der Waals surface area contributed by atoms with E-state index in [0.29, 0.717) is 56.8 Å². The van der Waals surface area contributed by atoms with Gasteiger partial charge < -0.3 is 15.4 Å². The maximum Gasteiger partial charge on any atom is 0.261 e. The molecule has 7 heteroatoms. The topological polar surface area (TPSA) is 87.7 Å². The molecule has 3 rings (SSSR count). The smallest absolute Gasteiger partial charge is 0.261 e. The standard InChI is InChI=1S/C17H21N3O4/c21-15(14-11-24-10-8-18-14)19-7-3-4-9-20-16(22)12-5-1-2-6-13(12)17(20)23/h1-2,5-6,14,18H,3-4,7-11H2,(H,19,21). The van der Waals surface area contributed by atoms with Gasteiger partial charge in [0.15, 0.2) is 0 Å². The number of carbonyl (C=O) groups is 3. The molecule has 3 amide bonds. The number of ether oxygens (including phenoxy) is 1. The van der Waals surface area contributed by atoms with Crippen LogP contribution in [0.15, 0.2) is 24.3 Å². The average Bonchev–Trinajstić information content (AvgIpc) is 2.87. The van der Waals surface area contributed by atoms with Gasteiger partial charge in [-0.1, -0.05) is 12.1 Å². The van der Waals surface area contributed by atoms with Gasteiger partial charge in [0.25, 0.3) is 11.8 Å². The first-order chi connectivity index (χ1) is 11.7. The molecule has 1 aromatic rings. The highest BCUT2D eigenvalue weighted by atomic mass is 16.5. The van der Waals surface area contributed by atoms with Crippen molar-refractivity contribution < 1.29 is 19.1 Å². The van der Waals surface area contributed by atoms with E-state index in [1.165, 1.54) is 4.90 Å². The van der Waals surface area contributed by atoms with E-state index in [9.17, 15) is 14.4 Å². The van der Waals surface area contributed by atoms with Gasteiger partial charge in [-0.25, -0.2) is 0 Å². The maximum atomic E-state index is 12.2. The van der Waals surface area contributed by atoms with Crippen molar-refractivity contribution in [3.63, 3.8) is 0 Å². The number of fused-ring (bicyclic) bond motifs is 1. The van der Waals surface area contributed by atoms with E-state index in [0.717, 1.165) is 0 Å². The van der Waals surface area contributed by atoms with Crippen LogP contribution in [0, 0.1) is 0 Å². The zero-order valence-electron chi connectivity index (χ0n) is 13.4. The van der Waals surface area contributed by atoms with E-state index in [2.05, 4.69) is 10.6 Å². The van der Waals surface area contributed by atoms with Crippen LogP contribution < -0.4 is 10.6 Å². The van der Waals surface area contributed by atoms with Crippen molar-refractivity contribution in [3.8, 4) is 0 Å². The lowest BCUT2D eigenvalue weighted by Gasteiger charge is -2.22. The number of morpholine rings is 1. The van der Waals surface area contributed by atoms with E-state index in [-0.39, 0.29) is 23.8 Å². The third-order valence-electron chi connectivity index (χ3n) is 4.22. The minimum atomic E-state index is -0.296. The van der Waals surface area contributed by atoms with Gasteiger partial charge in [-0.15, -0.1) is 0 Å². The first-order valence-electron chi connectivity index (χ1n) is 8.22. The molecule has 1 saturated heterocycles. The largest absolute Gasteiger partial charge is 0.378 e. The molecule has 1 aromatic carbocycles. The van der Waals surface area contributed by atoms with Gasteiger partial charge in [-0.3, -0.25) is 19.3 Å². The Morgan fingerprint density at radius 3 is 2.54 bits per heavy atom. The predicted molar refractivity (Wildman–Crippen MR) is 86.7 cm³/mol. The fourth-order valence-electron chi connectivity index (χ4n) is 2.91. The molecule has 0 bridgehead atoms. The highest BCUT2D eigenvalue weighted by Crippen LogP contribution is 2.22. The van der Waals surface area contributed by atoms with E-state index in [4.69, 9.17) is 4.74 Å². The van der Waals surface area contributed by atoms with Crippen molar-refractivity contribution in [3.05, 3.63) is 35.4 Å². The summed E-state index contributed by atoms with van der Waals surface area (Å²) in [5.74, 6) is -0.540. The van der Waals surface area contributed by atoms with Gasteiger partial charge in [-0.2, -0.15) is 0 Å². The second-order valence-corrected chi connectivity index (χ2v) is 5.89. The third kappa shape index (κ3) is 3.47. The highest BCUT2D eigenvalue weighted by Gasteiger charge is 2.34. The molecule has 2 heterocycles. The van der Waals surface area contributed by atoms with Crippen molar-refractivity contribution in [1.29, 1.82) is 0 Å². The zero-order chi connectivity index (χ0) is 16.9. The van der Waals surface area contributed by atoms with E-state index < -0.39 is 0 Å². The fourth-order valence-corrected chi connectivity index (χ4v) is 2.91. The number of carbonyl (C=O) groups excluding carboxylic acids is 3. The Hall–Kier alpha value is -2.25. The quantitative estimate of drug-likeness (QED) is 0.573. The van der Waals surface area contributed by atoms with Gasteiger partial charge in [0.1, 0.15) is 6.04 Å². The number of nitrogens with one attached hydrogen (secondary N) is 2. The molecule has 0 saturated carbocycles. The molecular weight excluding hydrogens is 310 g/mol. The minimum Gasteiger partial charge on any atom is -0.378 e. The summed E-state index contributed by atoms with van der Waals surface area (Å²) in [6.07, 6.45) is 1.35. The molecule has 1 atom stereocenters. The molecule has 2 aliphatic rings. The lowest BCUT2D eigenvalue weighted by molar-refractivity contribution is -0.125. The summed E-state index contributed by atoms with van der Waals surface area (Å²) in [6, 6.07) is 6.57. The van der Waals surface area contributed by atoms with Crippen LogP contribution in [-0.4, -0.2) is 61.5 Å². The average molecular weight is 331 g/mol. The normalized spacial score (nSPS) is 20.2. The minimum absolute atomic E-state index is 0.0737. The highest BCUT2D eigenvalue weighted by molar-refractivity contribution is 6.21. The first kappa shape index (κ1) is 16.6. The summed E-state index contributed by atoms with van der Waals surface area (Å²) in [6.45, 7) is 2.58. The Morgan fingerprint density at radius 1 is 1.21 bits per heavy atom. The molecule has 2 aliphatic heterocycles. The summed E-state index contributed by atoms with van der Waals surface area (Å²) in [5.41, 5.74) is 0.943. The van der Waals surface area contributed by atoms with Crippen LogP contribution in [0.3, 0.4) is 0 Å². The SMILES string of the molecule is O=C(NCCCCN1C(=O)c2ccccc2C1=O)C1COCCN1. The van der Waals surface area contributed by atoms with Crippen molar-refractivity contribution >= 4 is 17.7 Å². The molecule has 24 heavy (non-hydrogen) atoms. The van der Waals surface area contributed by atoms with Crippen LogP contribution in [0.5, 0.6) is 0 Å². The fraction of sp³-hybridized carbons (Fsp3) is 0.471. The molecule has 1 fully saturated rings. The number of nitrogens with zero attached hydrogens (tertiary/aromatic N) is 1. The Morgan fingerprint density at radius 2 is 1.92 bits per heavy atom. The molecule has 2 N–H and O–H groups in total. The molecule has 128 valence electrons. The first-order valence-corrected chi connectivity index (χ1v) is 8.22. The van der Waals surface area contributed by atoms with E-state index in [1.807, 2.05) is 0 Å². The summed E-state index contributed by atoms with van der Waals surface area (Å²) in [7, 11) is 0. The molecular formula is C17H21N3O4.